The van der Waals surface area contributed by atoms with Gasteiger partial charge in [0.05, 0.1) is 32.3 Å². The molecule has 0 amide bonds. The van der Waals surface area contributed by atoms with E-state index in [9.17, 15) is 5.11 Å². The largest absolute Gasteiger partial charge is 1.00 e. The number of aliphatic hydroxyl groups excluding tert-OH is 1. The van der Waals surface area contributed by atoms with Crippen molar-refractivity contribution in [2.75, 3.05) is 53.4 Å². The number of halogens is 2. The first-order valence-electron chi connectivity index (χ1n) is 16.7. The van der Waals surface area contributed by atoms with E-state index in [4.69, 9.17) is 0 Å². The minimum Gasteiger partial charge on any atom is -1.00 e. The van der Waals surface area contributed by atoms with Gasteiger partial charge in [0, 0.05) is 13.1 Å². The van der Waals surface area contributed by atoms with Crippen molar-refractivity contribution in [2.45, 2.75) is 116 Å². The number of hydrogen-bond donors (Lipinski definition) is 5. The predicted molar refractivity (Wildman–Crippen MR) is 169 cm³/mol. The van der Waals surface area contributed by atoms with Crippen LogP contribution >= 0.6 is 0 Å². The molecule has 0 fully saturated rings. The first kappa shape index (κ1) is 42.2. The molecule has 0 aliphatic carbocycles. The molecule has 2 aromatic rings. The Kier molecular flexibility index (Phi) is 29.3. The monoisotopic (exact) mass is 734 g/mol. The first-order chi connectivity index (χ1) is 20.2. The zero-order valence-corrected chi connectivity index (χ0v) is 30.5. The molecule has 1 atom stereocenters. The number of unbranched alkanes of at least 4 members (excludes halogenated alkanes) is 9. The van der Waals surface area contributed by atoms with Crippen LogP contribution in [0.1, 0.15) is 83.5 Å². The van der Waals surface area contributed by atoms with Gasteiger partial charge in [0.2, 0.25) is 12.7 Å². The Bertz CT molecular complexity index is 851. The highest BCUT2D eigenvalue weighted by atomic mass is 79.9. The number of nitrogens with one attached hydrogen (secondary N) is 4. The van der Waals surface area contributed by atoms with Crippen molar-refractivity contribution in [3.05, 3.63) is 37.4 Å². The summed E-state index contributed by atoms with van der Waals surface area (Å²) in [5.41, 5.74) is 0. The summed E-state index contributed by atoms with van der Waals surface area (Å²) in [6.45, 7) is 9.66. The minimum atomic E-state index is -0.323. The number of rotatable bonds is 29. The third-order valence-electron chi connectivity index (χ3n) is 7.73. The lowest BCUT2D eigenvalue weighted by Crippen LogP contribution is -3.00. The van der Waals surface area contributed by atoms with Crippen LogP contribution in [-0.2, 0) is 26.2 Å². The Morgan fingerprint density at radius 1 is 0.558 bits per heavy atom. The van der Waals surface area contributed by atoms with Crippen molar-refractivity contribution in [3.63, 3.8) is 0 Å². The van der Waals surface area contributed by atoms with Crippen LogP contribution in [0.4, 0.5) is 0 Å². The van der Waals surface area contributed by atoms with E-state index in [1.807, 2.05) is 14.1 Å². The summed E-state index contributed by atoms with van der Waals surface area (Å²) in [6, 6.07) is 0. The second-order valence-corrected chi connectivity index (χ2v) is 11.6. The summed E-state index contributed by atoms with van der Waals surface area (Å²) in [4.78, 5) is 0. The van der Waals surface area contributed by atoms with E-state index in [1.165, 1.54) is 70.6 Å². The zero-order valence-electron chi connectivity index (χ0n) is 27.3. The van der Waals surface area contributed by atoms with Crippen LogP contribution in [0.5, 0.6) is 0 Å². The van der Waals surface area contributed by atoms with Gasteiger partial charge in [0.1, 0.15) is 24.8 Å². The molecule has 11 heteroatoms. The van der Waals surface area contributed by atoms with E-state index in [2.05, 4.69) is 77.0 Å². The molecule has 0 aliphatic heterocycles. The van der Waals surface area contributed by atoms with Gasteiger partial charge in [-0.3, -0.25) is 0 Å². The van der Waals surface area contributed by atoms with E-state index in [1.54, 1.807) is 0 Å². The maximum atomic E-state index is 10.0. The summed E-state index contributed by atoms with van der Waals surface area (Å²) in [5, 5.41) is 23.1. The number of hydrogen-bond acceptors (Lipinski definition) is 5. The van der Waals surface area contributed by atoms with Gasteiger partial charge in [-0.1, -0.05) is 38.5 Å². The summed E-state index contributed by atoms with van der Waals surface area (Å²) in [5.74, 6) is 0. The smallest absolute Gasteiger partial charge is 0.243 e. The molecule has 2 heterocycles. The molecule has 0 aromatic carbocycles. The lowest BCUT2D eigenvalue weighted by atomic mass is 10.1. The van der Waals surface area contributed by atoms with E-state index in [0.717, 1.165) is 65.2 Å². The summed E-state index contributed by atoms with van der Waals surface area (Å²) in [7, 11) is 3.98. The van der Waals surface area contributed by atoms with Gasteiger partial charge in [0.25, 0.3) is 0 Å². The number of imidazole rings is 2. The average molecular weight is 737 g/mol. The standard InChI is InChI=1S/C32H64N8O.2BrH/c1-33-16-13-18-35-28-32(41)29-36-19-15-23-40-27-25-38(31-40)21-12-10-8-6-4-3-5-7-9-11-20-37-24-26-39(30-37)22-14-17-34-2;;/h24-27,30-36,41H,3-23,28-29H2,1-2H3;2*1H/q+2;;/p-2. The molecule has 43 heavy (non-hydrogen) atoms. The van der Waals surface area contributed by atoms with Crippen LogP contribution in [-0.4, -0.2) is 73.7 Å². The Labute approximate surface area is 284 Å². The molecule has 2 aromatic heterocycles. The molecule has 0 saturated carbocycles. The Morgan fingerprint density at radius 3 is 1.42 bits per heavy atom. The maximum absolute atomic E-state index is 10.0. The van der Waals surface area contributed by atoms with E-state index in [0.29, 0.717) is 13.1 Å². The van der Waals surface area contributed by atoms with Crippen molar-refractivity contribution in [1.82, 2.24) is 30.4 Å². The van der Waals surface area contributed by atoms with Crippen molar-refractivity contribution in [2.24, 2.45) is 0 Å². The lowest BCUT2D eigenvalue weighted by Gasteiger charge is -2.12. The third kappa shape index (κ3) is 23.2. The van der Waals surface area contributed by atoms with Crippen molar-refractivity contribution in [1.29, 1.82) is 0 Å². The Balaban J connectivity index is 0.00000882. The van der Waals surface area contributed by atoms with Gasteiger partial charge < -0.3 is 60.3 Å². The quantitative estimate of drug-likeness (QED) is 0.0446. The van der Waals surface area contributed by atoms with Crippen LogP contribution in [0, 0.1) is 0 Å². The molecule has 0 aliphatic rings. The molecule has 0 spiro atoms. The van der Waals surface area contributed by atoms with Gasteiger partial charge in [-0.05, 0) is 85.2 Å². The topological polar surface area (TPSA) is 86.0 Å². The SMILES string of the molecule is CNCCCNCC(O)CNCCC[n+]1ccn(CCCCCCCCCCCCn2cc[n+](CCCNC)c2)c1.[Br-].[Br-]. The van der Waals surface area contributed by atoms with Gasteiger partial charge in [-0.15, -0.1) is 0 Å². The Hall–Kier alpha value is -0.820. The van der Waals surface area contributed by atoms with Gasteiger partial charge in [-0.2, -0.15) is 0 Å². The van der Waals surface area contributed by atoms with Crippen LogP contribution in [0.3, 0.4) is 0 Å². The summed E-state index contributed by atoms with van der Waals surface area (Å²) in [6.07, 6.45) is 29.9. The number of aryl methyl sites for hydroxylation is 4. The Morgan fingerprint density at radius 2 is 0.953 bits per heavy atom. The van der Waals surface area contributed by atoms with Crippen LogP contribution in [0.15, 0.2) is 37.4 Å². The fourth-order valence-electron chi connectivity index (χ4n) is 5.23. The fourth-order valence-corrected chi connectivity index (χ4v) is 5.23. The first-order valence-corrected chi connectivity index (χ1v) is 16.7. The normalized spacial score (nSPS) is 11.8. The summed E-state index contributed by atoms with van der Waals surface area (Å²) < 4.78 is 9.25. The molecule has 0 radical (unpaired) electrons. The molecule has 9 nitrogen and oxygen atoms in total. The number of aromatic nitrogens is 4. The van der Waals surface area contributed by atoms with Crippen LogP contribution in [0.25, 0.3) is 0 Å². The van der Waals surface area contributed by atoms with Crippen molar-refractivity contribution >= 4 is 0 Å². The molecule has 252 valence electrons. The highest BCUT2D eigenvalue weighted by Gasteiger charge is 2.06. The highest BCUT2D eigenvalue weighted by molar-refractivity contribution is 4.68. The predicted octanol–water partition coefficient (Wildman–Crippen LogP) is -3.38. The second kappa shape index (κ2) is 29.9. The average Bonchev–Trinajstić information content (AvgIpc) is 3.63. The maximum Gasteiger partial charge on any atom is 0.243 e. The third-order valence-corrected chi connectivity index (χ3v) is 7.73. The van der Waals surface area contributed by atoms with Gasteiger partial charge in [0.15, 0.2) is 0 Å². The molecule has 2 rings (SSSR count). The highest BCUT2D eigenvalue weighted by Crippen LogP contribution is 2.11. The van der Waals surface area contributed by atoms with Crippen LogP contribution in [0.2, 0.25) is 0 Å². The molecule has 0 bridgehead atoms. The van der Waals surface area contributed by atoms with Crippen LogP contribution < -0.4 is 64.4 Å². The molecule has 1 unspecified atom stereocenters. The second-order valence-electron chi connectivity index (χ2n) is 11.6. The van der Waals surface area contributed by atoms with E-state index < -0.39 is 0 Å². The number of nitrogens with zero attached hydrogens (tertiary/aromatic N) is 4. The zero-order chi connectivity index (χ0) is 29.2. The van der Waals surface area contributed by atoms with Crippen molar-refractivity contribution in [3.8, 4) is 0 Å². The fraction of sp³-hybridized carbons (Fsp3) is 0.812. The molecular weight excluding hydrogens is 672 g/mol. The minimum absolute atomic E-state index is 0. The summed E-state index contributed by atoms with van der Waals surface area (Å²) >= 11 is 0. The molecular formula is C32H64Br2N8O. The van der Waals surface area contributed by atoms with Gasteiger partial charge >= 0.3 is 0 Å². The lowest BCUT2D eigenvalue weighted by molar-refractivity contribution is -0.696. The van der Waals surface area contributed by atoms with Crippen molar-refractivity contribution < 1.29 is 48.2 Å². The molecule has 5 N–H and O–H groups in total. The number of aliphatic hydroxyl groups is 1. The molecule has 0 saturated heterocycles. The van der Waals surface area contributed by atoms with Gasteiger partial charge in [-0.25, -0.2) is 18.3 Å². The van der Waals surface area contributed by atoms with E-state index in [-0.39, 0.29) is 40.1 Å². The van der Waals surface area contributed by atoms with E-state index >= 15 is 0 Å².